The van der Waals surface area contributed by atoms with E-state index in [2.05, 4.69) is 5.32 Å². The van der Waals surface area contributed by atoms with E-state index in [9.17, 15) is 4.79 Å². The lowest BCUT2D eigenvalue weighted by Crippen LogP contribution is -2.38. The van der Waals surface area contributed by atoms with Crippen molar-refractivity contribution in [2.45, 2.75) is 26.3 Å². The maximum Gasteiger partial charge on any atom is 0.251 e. The maximum absolute atomic E-state index is 12.2. The molecule has 0 aliphatic carbocycles. The average molecular weight is 318 g/mol. The Morgan fingerprint density at radius 2 is 2.00 bits per heavy atom. The minimum absolute atomic E-state index is 0.0491. The Labute approximate surface area is 136 Å². The predicted molar refractivity (Wildman–Crippen MR) is 89.7 cm³/mol. The van der Waals surface area contributed by atoms with Gasteiger partial charge in [0.15, 0.2) is 0 Å². The topological polar surface area (TPSA) is 38.3 Å². The van der Waals surface area contributed by atoms with Crippen LogP contribution in [0.15, 0.2) is 48.5 Å². The molecule has 2 aromatic rings. The molecule has 0 spiro atoms. The maximum atomic E-state index is 12.2. The molecule has 0 bridgehead atoms. The predicted octanol–water partition coefficient (Wildman–Crippen LogP) is 4.24. The van der Waals surface area contributed by atoms with Gasteiger partial charge in [-0.15, -0.1) is 0 Å². The zero-order valence-electron chi connectivity index (χ0n) is 12.8. The Hall–Kier alpha value is -2.00. The molecule has 1 amide bonds. The molecular weight excluding hydrogens is 298 g/mol. The molecule has 1 atom stereocenters. The molecule has 0 saturated heterocycles. The third kappa shape index (κ3) is 4.78. The highest BCUT2D eigenvalue weighted by atomic mass is 35.5. The number of aryl methyl sites for hydroxylation is 1. The molecule has 4 heteroatoms. The third-order valence-electron chi connectivity index (χ3n) is 3.36. The van der Waals surface area contributed by atoms with Crippen molar-refractivity contribution >= 4 is 17.5 Å². The van der Waals surface area contributed by atoms with Crippen LogP contribution in [0, 0.1) is 6.92 Å². The van der Waals surface area contributed by atoms with E-state index in [0.29, 0.717) is 17.2 Å². The number of carbonyl (C=O) groups excluding carboxylic acids is 1. The van der Waals surface area contributed by atoms with Crippen LogP contribution in [-0.4, -0.2) is 18.6 Å². The number of amides is 1. The zero-order chi connectivity index (χ0) is 15.9. The first-order valence-corrected chi connectivity index (χ1v) is 7.72. The summed E-state index contributed by atoms with van der Waals surface area (Å²) in [4.78, 5) is 12.2. The molecule has 2 rings (SSSR count). The summed E-state index contributed by atoms with van der Waals surface area (Å²) >= 11 is 5.91. The zero-order valence-corrected chi connectivity index (χ0v) is 13.6. The Bertz CT molecular complexity index is 642. The molecule has 0 heterocycles. The Balaban J connectivity index is 1.93. The van der Waals surface area contributed by atoms with Crippen LogP contribution in [0.3, 0.4) is 0 Å². The first-order chi connectivity index (χ1) is 10.6. The smallest absolute Gasteiger partial charge is 0.251 e. The van der Waals surface area contributed by atoms with E-state index < -0.39 is 0 Å². The number of ether oxygens (including phenoxy) is 1. The van der Waals surface area contributed by atoms with Gasteiger partial charge in [0.25, 0.3) is 5.91 Å². The van der Waals surface area contributed by atoms with Gasteiger partial charge in [-0.05, 0) is 49.2 Å². The average Bonchev–Trinajstić information content (AvgIpc) is 2.51. The van der Waals surface area contributed by atoms with E-state index in [-0.39, 0.29) is 11.9 Å². The van der Waals surface area contributed by atoms with Crippen molar-refractivity contribution in [3.8, 4) is 5.75 Å². The van der Waals surface area contributed by atoms with Crippen molar-refractivity contribution in [2.24, 2.45) is 0 Å². The van der Waals surface area contributed by atoms with Gasteiger partial charge in [-0.1, -0.05) is 36.7 Å². The molecule has 0 radical (unpaired) electrons. The highest BCUT2D eigenvalue weighted by Gasteiger charge is 2.13. The second-order valence-electron chi connectivity index (χ2n) is 5.22. The Morgan fingerprint density at radius 1 is 1.23 bits per heavy atom. The van der Waals surface area contributed by atoms with E-state index in [1.165, 1.54) is 0 Å². The van der Waals surface area contributed by atoms with Gasteiger partial charge in [0.05, 0.1) is 6.04 Å². The van der Waals surface area contributed by atoms with Gasteiger partial charge in [-0.2, -0.15) is 0 Å². The number of nitrogens with one attached hydrogen (secondary N) is 1. The quantitative estimate of drug-likeness (QED) is 0.865. The number of carbonyl (C=O) groups is 1. The van der Waals surface area contributed by atoms with E-state index in [1.807, 2.05) is 38.1 Å². The first kappa shape index (κ1) is 16.4. The lowest BCUT2D eigenvalue weighted by Gasteiger charge is -2.18. The van der Waals surface area contributed by atoms with Crippen LogP contribution in [0.2, 0.25) is 5.02 Å². The number of hydrogen-bond donors (Lipinski definition) is 1. The second-order valence-corrected chi connectivity index (χ2v) is 5.65. The Kier molecular flexibility index (Phi) is 5.84. The van der Waals surface area contributed by atoms with Crippen molar-refractivity contribution in [1.29, 1.82) is 0 Å². The lowest BCUT2D eigenvalue weighted by atomic mass is 10.1. The molecule has 0 fully saturated rings. The minimum Gasteiger partial charge on any atom is -0.491 e. The molecule has 0 unspecified atom stereocenters. The molecule has 0 aliphatic heterocycles. The van der Waals surface area contributed by atoms with Crippen LogP contribution < -0.4 is 10.1 Å². The van der Waals surface area contributed by atoms with Crippen molar-refractivity contribution in [1.82, 2.24) is 5.32 Å². The molecule has 2 aromatic carbocycles. The van der Waals surface area contributed by atoms with Crippen LogP contribution in [0.5, 0.6) is 5.75 Å². The van der Waals surface area contributed by atoms with Crippen molar-refractivity contribution < 1.29 is 9.53 Å². The van der Waals surface area contributed by atoms with E-state index >= 15 is 0 Å². The van der Waals surface area contributed by atoms with Crippen LogP contribution in [0.25, 0.3) is 0 Å². The summed E-state index contributed by atoms with van der Waals surface area (Å²) in [5.74, 6) is 0.678. The summed E-state index contributed by atoms with van der Waals surface area (Å²) in [5.41, 5.74) is 1.70. The van der Waals surface area contributed by atoms with Crippen LogP contribution in [0.4, 0.5) is 0 Å². The number of hydrogen-bond acceptors (Lipinski definition) is 2. The summed E-state index contributed by atoms with van der Waals surface area (Å²) in [7, 11) is 0. The largest absolute Gasteiger partial charge is 0.491 e. The molecule has 0 aromatic heterocycles. The molecule has 22 heavy (non-hydrogen) atoms. The molecule has 3 nitrogen and oxygen atoms in total. The molecular formula is C18H20ClNO2. The highest BCUT2D eigenvalue weighted by Crippen LogP contribution is 2.14. The summed E-state index contributed by atoms with van der Waals surface area (Å²) in [6.07, 6.45) is 0.790. The van der Waals surface area contributed by atoms with Crippen molar-refractivity contribution in [2.75, 3.05) is 6.61 Å². The fourth-order valence-electron chi connectivity index (χ4n) is 2.06. The number of halogens is 1. The monoisotopic (exact) mass is 317 g/mol. The van der Waals surface area contributed by atoms with Crippen LogP contribution in [-0.2, 0) is 0 Å². The van der Waals surface area contributed by atoms with Gasteiger partial charge in [0.1, 0.15) is 12.4 Å². The second kappa shape index (κ2) is 7.85. The van der Waals surface area contributed by atoms with Gasteiger partial charge in [-0.25, -0.2) is 0 Å². The molecule has 1 N–H and O–H groups in total. The van der Waals surface area contributed by atoms with Gasteiger partial charge < -0.3 is 10.1 Å². The first-order valence-electron chi connectivity index (χ1n) is 7.34. The van der Waals surface area contributed by atoms with Gasteiger partial charge in [0.2, 0.25) is 0 Å². The number of benzene rings is 2. The minimum atomic E-state index is -0.137. The standard InChI is InChI=1S/C18H20ClNO2/c1-3-16(12-22-17-9-4-6-13(2)10-17)20-18(21)14-7-5-8-15(19)11-14/h4-11,16H,3,12H2,1-2H3,(H,20,21)/t16-/m1/s1. The molecule has 0 aliphatic rings. The summed E-state index contributed by atoms with van der Waals surface area (Å²) in [5, 5.41) is 3.52. The van der Waals surface area contributed by atoms with Crippen LogP contribution >= 0.6 is 11.6 Å². The van der Waals surface area contributed by atoms with Gasteiger partial charge in [0, 0.05) is 10.6 Å². The summed E-state index contributed by atoms with van der Waals surface area (Å²) in [6, 6.07) is 14.7. The highest BCUT2D eigenvalue weighted by molar-refractivity contribution is 6.30. The van der Waals surface area contributed by atoms with Gasteiger partial charge in [-0.3, -0.25) is 4.79 Å². The van der Waals surface area contributed by atoms with E-state index in [4.69, 9.17) is 16.3 Å². The molecule has 0 saturated carbocycles. The lowest BCUT2D eigenvalue weighted by molar-refractivity contribution is 0.0920. The van der Waals surface area contributed by atoms with E-state index in [0.717, 1.165) is 17.7 Å². The van der Waals surface area contributed by atoms with Crippen molar-refractivity contribution in [3.05, 3.63) is 64.7 Å². The molecule has 116 valence electrons. The van der Waals surface area contributed by atoms with Crippen LogP contribution in [0.1, 0.15) is 29.3 Å². The van der Waals surface area contributed by atoms with Crippen molar-refractivity contribution in [3.63, 3.8) is 0 Å². The fourth-order valence-corrected chi connectivity index (χ4v) is 2.25. The SMILES string of the molecule is CC[C@H](COc1cccc(C)c1)NC(=O)c1cccc(Cl)c1. The Morgan fingerprint density at radius 3 is 2.68 bits per heavy atom. The van der Waals surface area contributed by atoms with Gasteiger partial charge >= 0.3 is 0 Å². The third-order valence-corrected chi connectivity index (χ3v) is 3.59. The number of rotatable bonds is 6. The normalized spacial score (nSPS) is 11.8. The summed E-state index contributed by atoms with van der Waals surface area (Å²) in [6.45, 7) is 4.47. The summed E-state index contributed by atoms with van der Waals surface area (Å²) < 4.78 is 5.76. The fraction of sp³-hybridized carbons (Fsp3) is 0.278. The van der Waals surface area contributed by atoms with E-state index in [1.54, 1.807) is 24.3 Å².